The number of benzene rings is 1. The van der Waals surface area contributed by atoms with Crippen LogP contribution in [-0.2, 0) is 9.63 Å². The van der Waals surface area contributed by atoms with E-state index in [0.29, 0.717) is 37.0 Å². The van der Waals surface area contributed by atoms with Crippen LogP contribution < -0.4 is 0 Å². The minimum Gasteiger partial charge on any atom is -0.383 e. The molecule has 2 saturated carbocycles. The van der Waals surface area contributed by atoms with E-state index in [1.54, 1.807) is 37.3 Å². The van der Waals surface area contributed by atoms with Crippen LogP contribution in [0.15, 0.2) is 52.2 Å². The largest absolute Gasteiger partial charge is 0.456 e. The number of oxime groups is 1. The van der Waals surface area contributed by atoms with Gasteiger partial charge in [0.2, 0.25) is 0 Å². The number of allylic oxidation sites excluding steroid dienone is 4. The molecule has 4 aliphatic carbocycles. The van der Waals surface area contributed by atoms with Gasteiger partial charge < -0.3 is 9.94 Å². The minimum atomic E-state index is -5.89. The van der Waals surface area contributed by atoms with Crippen LogP contribution in [0.4, 0.5) is 26.7 Å². The number of ketones is 1. The third-order valence-corrected chi connectivity index (χ3v) is 10.3. The van der Waals surface area contributed by atoms with Crippen molar-refractivity contribution in [3.05, 3.63) is 58.2 Å². The fourth-order valence-corrected chi connectivity index (χ4v) is 8.13. The summed E-state index contributed by atoms with van der Waals surface area (Å²) in [4.78, 5) is 28.5. The third-order valence-electron chi connectivity index (χ3n) is 9.69. The van der Waals surface area contributed by atoms with Crippen LogP contribution in [0, 0.1) is 17.3 Å². The molecule has 1 aromatic carbocycles. The number of thioether (sulfide) groups is 1. The minimum absolute atomic E-state index is 0.0294. The van der Waals surface area contributed by atoms with Crippen molar-refractivity contribution in [2.24, 2.45) is 22.4 Å². The summed E-state index contributed by atoms with van der Waals surface area (Å²) in [7, 11) is 0. The van der Waals surface area contributed by atoms with Crippen LogP contribution in [0.5, 0.6) is 0 Å². The molecule has 1 aromatic rings. The Kier molecular flexibility index (Phi) is 7.76. The first-order valence-corrected chi connectivity index (χ1v) is 14.8. The van der Waals surface area contributed by atoms with Gasteiger partial charge in [0.05, 0.1) is 6.21 Å². The second-order valence-electron chi connectivity index (χ2n) is 11.6. The second-order valence-corrected chi connectivity index (χ2v) is 12.8. The number of aliphatic hydroxyl groups is 1. The second kappa shape index (κ2) is 10.6. The molecule has 0 bridgehead atoms. The normalized spacial score (nSPS) is 32.0. The fraction of sp³-hybridized carbons (Fsp3) is 0.567. The molecule has 11 heteroatoms. The van der Waals surface area contributed by atoms with Gasteiger partial charge in [-0.1, -0.05) is 48.8 Å². The Balaban J connectivity index is 1.56. The Morgan fingerprint density at radius 3 is 2.51 bits per heavy atom. The van der Waals surface area contributed by atoms with E-state index in [-0.39, 0.29) is 24.5 Å². The van der Waals surface area contributed by atoms with Crippen LogP contribution in [0.1, 0.15) is 75.8 Å². The number of nitrogens with zero attached hydrogens (tertiary/aromatic N) is 1. The van der Waals surface area contributed by atoms with Gasteiger partial charge >= 0.3 is 17.4 Å². The molecule has 0 aromatic heterocycles. The van der Waals surface area contributed by atoms with Gasteiger partial charge in [-0.3, -0.25) is 4.79 Å². The van der Waals surface area contributed by atoms with Crippen LogP contribution in [0.2, 0.25) is 0 Å². The smallest absolute Gasteiger partial charge is 0.383 e. The van der Waals surface area contributed by atoms with E-state index in [1.165, 1.54) is 13.1 Å². The monoisotopic (exact) mass is 597 g/mol. The molecule has 0 heterocycles. The molecule has 5 rings (SSSR count). The molecular weight excluding hydrogens is 565 g/mol. The molecule has 0 saturated heterocycles. The molecule has 5 nitrogen and oxygen atoms in total. The first-order chi connectivity index (χ1) is 19.2. The highest BCUT2D eigenvalue weighted by molar-refractivity contribution is 8.13. The van der Waals surface area contributed by atoms with Crippen LogP contribution in [0.25, 0.3) is 0 Å². The summed E-state index contributed by atoms with van der Waals surface area (Å²) < 4.78 is 71.3. The molecule has 0 amide bonds. The standard InChI is InChI=1S/C30H32F5NO4S/c1-3-41-26(38)40-36-16-17-4-6-18(7-5-17)23-15-27(2)24(12-13-28(27,39)29(31,32)30(33,34)35)22-10-8-19-14-20(37)9-11-21(19)25(22)23/h4-7,14,16,22-24,39H,3,8-13,15H2,1-2H3/b36-16+/t22?,23-,24?,27+,28+/m1/s1. The molecule has 222 valence electrons. The topological polar surface area (TPSA) is 76.0 Å². The van der Waals surface area contributed by atoms with Crippen molar-refractivity contribution in [1.29, 1.82) is 0 Å². The Bertz CT molecular complexity index is 1320. The van der Waals surface area contributed by atoms with Gasteiger partial charge in [0, 0.05) is 23.5 Å². The SMILES string of the molecule is CCSC(=O)O/N=C/c1ccc([C@H]2C[C@@]3(C)C(CC[C@@]3(O)C(F)(F)C(F)(F)F)C3CCC4=CC(=O)CCC4=C32)cc1. The number of halogens is 5. The molecule has 0 aliphatic heterocycles. The fourth-order valence-electron chi connectivity index (χ4n) is 7.80. The molecule has 41 heavy (non-hydrogen) atoms. The number of hydrogen-bond donors (Lipinski definition) is 1. The predicted molar refractivity (Wildman–Crippen MR) is 145 cm³/mol. The lowest BCUT2D eigenvalue weighted by Gasteiger charge is -2.56. The average molecular weight is 598 g/mol. The van der Waals surface area contributed by atoms with Crippen LogP contribution in [0.3, 0.4) is 0 Å². The van der Waals surface area contributed by atoms with Crippen molar-refractivity contribution in [2.75, 3.05) is 5.75 Å². The lowest BCUT2D eigenvalue weighted by molar-refractivity contribution is -0.362. The molecule has 2 fully saturated rings. The first-order valence-electron chi connectivity index (χ1n) is 13.8. The lowest BCUT2D eigenvalue weighted by Crippen LogP contribution is -2.65. The molecule has 2 unspecified atom stereocenters. The summed E-state index contributed by atoms with van der Waals surface area (Å²) in [5.74, 6) is -6.07. The van der Waals surface area contributed by atoms with Gasteiger partial charge in [-0.25, -0.2) is 4.79 Å². The van der Waals surface area contributed by atoms with Crippen molar-refractivity contribution < 1.29 is 41.5 Å². The predicted octanol–water partition coefficient (Wildman–Crippen LogP) is 7.74. The molecular formula is C30H32F5NO4S. The van der Waals surface area contributed by atoms with Crippen molar-refractivity contribution in [3.8, 4) is 0 Å². The maximum Gasteiger partial charge on any atom is 0.456 e. The zero-order chi connectivity index (χ0) is 29.8. The summed E-state index contributed by atoms with van der Waals surface area (Å²) in [6.07, 6.45) is -1.65. The summed E-state index contributed by atoms with van der Waals surface area (Å²) in [5.41, 5.74) is -0.696. The molecule has 0 radical (unpaired) electrons. The summed E-state index contributed by atoms with van der Waals surface area (Å²) >= 11 is 0.968. The lowest BCUT2D eigenvalue weighted by atomic mass is 9.50. The zero-order valence-electron chi connectivity index (χ0n) is 22.8. The quantitative estimate of drug-likeness (QED) is 0.163. The number of carbonyl (C=O) groups is 2. The van der Waals surface area contributed by atoms with Crippen molar-refractivity contribution in [3.63, 3.8) is 0 Å². The Morgan fingerprint density at radius 2 is 1.85 bits per heavy atom. The average Bonchev–Trinajstić information content (AvgIpc) is 3.19. The summed E-state index contributed by atoms with van der Waals surface area (Å²) in [6.45, 7) is 3.20. The number of hydrogen-bond acceptors (Lipinski definition) is 6. The highest BCUT2D eigenvalue weighted by atomic mass is 32.2. The van der Waals surface area contributed by atoms with Gasteiger partial charge in [0.1, 0.15) is 5.60 Å². The van der Waals surface area contributed by atoms with Crippen molar-refractivity contribution in [2.45, 2.75) is 82.4 Å². The van der Waals surface area contributed by atoms with E-state index in [2.05, 4.69) is 5.16 Å². The van der Waals surface area contributed by atoms with E-state index < -0.39 is 46.7 Å². The first kappa shape index (κ1) is 29.9. The number of rotatable bonds is 5. The van der Waals surface area contributed by atoms with Crippen LogP contribution in [-0.4, -0.2) is 45.9 Å². The van der Waals surface area contributed by atoms with Gasteiger partial charge in [-0.15, -0.1) is 0 Å². The maximum atomic E-state index is 15.1. The van der Waals surface area contributed by atoms with E-state index in [4.69, 9.17) is 4.84 Å². The number of carbonyl (C=O) groups excluding carboxylic acids is 2. The number of alkyl halides is 5. The summed E-state index contributed by atoms with van der Waals surface area (Å²) in [6, 6.07) is 6.96. The highest BCUT2D eigenvalue weighted by Gasteiger charge is 2.79. The van der Waals surface area contributed by atoms with Gasteiger partial charge in [-0.2, -0.15) is 22.0 Å². The Labute approximate surface area is 239 Å². The molecule has 5 atom stereocenters. The zero-order valence-corrected chi connectivity index (χ0v) is 23.6. The third kappa shape index (κ3) is 4.86. The molecule has 1 N–H and O–H groups in total. The van der Waals surface area contributed by atoms with Crippen molar-refractivity contribution >= 4 is 29.1 Å². The maximum absolute atomic E-state index is 15.1. The van der Waals surface area contributed by atoms with E-state index >= 15 is 8.78 Å². The van der Waals surface area contributed by atoms with Gasteiger partial charge in [0.25, 0.3) is 0 Å². The molecule has 0 spiro atoms. The van der Waals surface area contributed by atoms with E-state index in [1.807, 2.05) is 0 Å². The summed E-state index contributed by atoms with van der Waals surface area (Å²) in [5, 5.41) is 14.5. The van der Waals surface area contributed by atoms with E-state index in [0.717, 1.165) is 34.0 Å². The van der Waals surface area contributed by atoms with Crippen molar-refractivity contribution in [1.82, 2.24) is 0 Å². The van der Waals surface area contributed by atoms with Gasteiger partial charge in [0.15, 0.2) is 5.78 Å². The Hall–Kier alpha value is -2.53. The van der Waals surface area contributed by atoms with Crippen LogP contribution >= 0.6 is 11.8 Å². The number of fused-ring (bicyclic) bond motifs is 4. The van der Waals surface area contributed by atoms with E-state index in [9.17, 15) is 27.9 Å². The molecule has 4 aliphatic rings. The van der Waals surface area contributed by atoms with Gasteiger partial charge in [-0.05, 0) is 90.5 Å². The Morgan fingerprint density at radius 1 is 1.15 bits per heavy atom. The highest BCUT2D eigenvalue weighted by Crippen LogP contribution is 2.70.